The maximum absolute atomic E-state index is 2.46. The molecule has 0 nitrogen and oxygen atoms in total. The van der Waals surface area contributed by atoms with Crippen LogP contribution in [0.3, 0.4) is 0 Å². The molecule has 8 aromatic carbocycles. The quantitative estimate of drug-likeness (QED) is 0.199. The Bertz CT molecular complexity index is 2320. The van der Waals surface area contributed by atoms with Gasteiger partial charge in [0.25, 0.3) is 0 Å². The van der Waals surface area contributed by atoms with Crippen LogP contribution in [-0.2, 0) is 5.41 Å². The average molecular weight is 521 g/mol. The third kappa shape index (κ3) is 3.05. The van der Waals surface area contributed by atoms with Gasteiger partial charge in [-0.1, -0.05) is 141 Å². The molecule has 192 valence electrons. The Morgan fingerprint density at radius 1 is 0.390 bits per heavy atom. The average Bonchev–Trinajstić information content (AvgIpc) is 3.26. The van der Waals surface area contributed by atoms with E-state index < -0.39 is 0 Å². The standard InChI is InChI=1S/C41H28/c1-41(2)37-24-29(17-20-33(37)36-23-12-26-10-6-7-11-32(26)40(36)41)31-19-14-28-15-21-34-30(25-8-4-3-5-9-25)18-13-27-16-22-35(31)39(28)38(27)34/h3-24H,1-2H3. The lowest BCUT2D eigenvalue weighted by molar-refractivity contribution is 0.666. The largest absolute Gasteiger partial charge is 0.0622 e. The molecule has 0 saturated heterocycles. The molecule has 0 aromatic heterocycles. The highest BCUT2D eigenvalue weighted by atomic mass is 14.4. The molecule has 0 bridgehead atoms. The lowest BCUT2D eigenvalue weighted by Crippen LogP contribution is -2.15. The molecule has 0 unspecified atom stereocenters. The summed E-state index contributed by atoms with van der Waals surface area (Å²) in [5.74, 6) is 0. The van der Waals surface area contributed by atoms with Gasteiger partial charge in [-0.3, -0.25) is 0 Å². The van der Waals surface area contributed by atoms with E-state index in [1.807, 2.05) is 0 Å². The zero-order chi connectivity index (χ0) is 27.3. The molecule has 0 amide bonds. The Balaban J connectivity index is 1.28. The molecule has 0 N–H and O–H groups in total. The van der Waals surface area contributed by atoms with Crippen molar-refractivity contribution >= 4 is 43.1 Å². The smallest absolute Gasteiger partial charge is 0.0165 e. The molecule has 9 rings (SSSR count). The summed E-state index contributed by atoms with van der Waals surface area (Å²) in [4.78, 5) is 0. The molecular formula is C41H28. The van der Waals surface area contributed by atoms with Gasteiger partial charge in [0.2, 0.25) is 0 Å². The SMILES string of the molecule is CC1(C)c2cc(-c3ccc4ccc5c(-c6ccccc6)ccc6ccc3c4c65)ccc2-c2ccc3ccccc3c21. The van der Waals surface area contributed by atoms with Gasteiger partial charge in [0.05, 0.1) is 0 Å². The van der Waals surface area contributed by atoms with Gasteiger partial charge in [-0.25, -0.2) is 0 Å². The van der Waals surface area contributed by atoms with E-state index in [2.05, 4.69) is 147 Å². The summed E-state index contributed by atoms with van der Waals surface area (Å²) < 4.78 is 0. The van der Waals surface area contributed by atoms with Gasteiger partial charge in [0.15, 0.2) is 0 Å². The second-order valence-electron chi connectivity index (χ2n) is 12.1. The molecule has 0 saturated carbocycles. The van der Waals surface area contributed by atoms with E-state index in [-0.39, 0.29) is 5.41 Å². The molecular weight excluding hydrogens is 492 g/mol. The Morgan fingerprint density at radius 2 is 0.951 bits per heavy atom. The fourth-order valence-corrected chi connectivity index (χ4v) is 7.69. The zero-order valence-corrected chi connectivity index (χ0v) is 23.2. The summed E-state index contributed by atoms with van der Waals surface area (Å²) in [6, 6.07) is 49.8. The first-order valence-electron chi connectivity index (χ1n) is 14.5. The monoisotopic (exact) mass is 520 g/mol. The van der Waals surface area contributed by atoms with E-state index in [1.54, 1.807) is 0 Å². The zero-order valence-electron chi connectivity index (χ0n) is 23.2. The molecule has 8 aromatic rings. The van der Waals surface area contributed by atoms with Gasteiger partial charge < -0.3 is 0 Å². The predicted octanol–water partition coefficient (Wildman–Crippen LogP) is 11.4. The molecule has 1 aliphatic rings. The second-order valence-corrected chi connectivity index (χ2v) is 12.1. The lowest BCUT2D eigenvalue weighted by atomic mass is 9.79. The highest BCUT2D eigenvalue weighted by molar-refractivity contribution is 6.27. The van der Waals surface area contributed by atoms with Crippen molar-refractivity contribution < 1.29 is 0 Å². The van der Waals surface area contributed by atoms with Crippen molar-refractivity contribution in [1.82, 2.24) is 0 Å². The predicted molar refractivity (Wildman–Crippen MR) is 176 cm³/mol. The van der Waals surface area contributed by atoms with Crippen LogP contribution >= 0.6 is 0 Å². The van der Waals surface area contributed by atoms with E-state index in [1.165, 1.54) is 87.6 Å². The minimum absolute atomic E-state index is 0.0735. The molecule has 0 aliphatic heterocycles. The van der Waals surface area contributed by atoms with Crippen LogP contribution in [0.1, 0.15) is 25.0 Å². The van der Waals surface area contributed by atoms with Gasteiger partial charge in [0.1, 0.15) is 0 Å². The molecule has 0 heteroatoms. The Labute approximate surface area is 239 Å². The summed E-state index contributed by atoms with van der Waals surface area (Å²) >= 11 is 0. The van der Waals surface area contributed by atoms with E-state index in [0.29, 0.717) is 0 Å². The van der Waals surface area contributed by atoms with E-state index in [9.17, 15) is 0 Å². The third-order valence-electron chi connectivity index (χ3n) is 9.60. The molecule has 41 heavy (non-hydrogen) atoms. The first-order valence-corrected chi connectivity index (χ1v) is 14.5. The summed E-state index contributed by atoms with van der Waals surface area (Å²) in [5, 5.41) is 10.7. The summed E-state index contributed by atoms with van der Waals surface area (Å²) in [5.41, 5.74) is 10.7. The first-order chi connectivity index (χ1) is 20.1. The molecule has 0 atom stereocenters. The van der Waals surface area contributed by atoms with E-state index >= 15 is 0 Å². The number of hydrogen-bond donors (Lipinski definition) is 0. The van der Waals surface area contributed by atoms with Crippen LogP contribution in [0.4, 0.5) is 0 Å². The van der Waals surface area contributed by atoms with Crippen LogP contribution in [0, 0.1) is 0 Å². The maximum atomic E-state index is 2.46. The highest BCUT2D eigenvalue weighted by Gasteiger charge is 2.37. The van der Waals surface area contributed by atoms with Gasteiger partial charge in [-0.05, 0) is 93.7 Å². The number of hydrogen-bond acceptors (Lipinski definition) is 0. The maximum Gasteiger partial charge on any atom is 0.0165 e. The Kier molecular flexibility index (Phi) is 4.49. The van der Waals surface area contributed by atoms with E-state index in [0.717, 1.165) is 0 Å². The Morgan fingerprint density at radius 3 is 1.68 bits per heavy atom. The van der Waals surface area contributed by atoms with Crippen LogP contribution in [0.2, 0.25) is 0 Å². The fourth-order valence-electron chi connectivity index (χ4n) is 7.69. The van der Waals surface area contributed by atoms with Gasteiger partial charge in [-0.2, -0.15) is 0 Å². The van der Waals surface area contributed by atoms with Gasteiger partial charge in [-0.15, -0.1) is 0 Å². The van der Waals surface area contributed by atoms with Gasteiger partial charge >= 0.3 is 0 Å². The molecule has 0 radical (unpaired) electrons. The molecule has 0 heterocycles. The van der Waals surface area contributed by atoms with Crippen LogP contribution in [0.15, 0.2) is 133 Å². The van der Waals surface area contributed by atoms with Crippen molar-refractivity contribution in [3.05, 3.63) is 145 Å². The fraction of sp³-hybridized carbons (Fsp3) is 0.0732. The van der Waals surface area contributed by atoms with Crippen LogP contribution in [0.5, 0.6) is 0 Å². The minimum atomic E-state index is -0.0735. The van der Waals surface area contributed by atoms with Crippen molar-refractivity contribution in [3.8, 4) is 33.4 Å². The topological polar surface area (TPSA) is 0 Å². The molecule has 0 fully saturated rings. The number of rotatable bonds is 2. The van der Waals surface area contributed by atoms with Crippen molar-refractivity contribution in [2.24, 2.45) is 0 Å². The van der Waals surface area contributed by atoms with E-state index in [4.69, 9.17) is 0 Å². The first kappa shape index (κ1) is 22.8. The molecule has 1 aliphatic carbocycles. The van der Waals surface area contributed by atoms with Crippen LogP contribution < -0.4 is 0 Å². The molecule has 0 spiro atoms. The van der Waals surface area contributed by atoms with Crippen molar-refractivity contribution in [2.75, 3.05) is 0 Å². The highest BCUT2D eigenvalue weighted by Crippen LogP contribution is 2.52. The van der Waals surface area contributed by atoms with Crippen molar-refractivity contribution in [1.29, 1.82) is 0 Å². The third-order valence-corrected chi connectivity index (χ3v) is 9.60. The van der Waals surface area contributed by atoms with Gasteiger partial charge in [0, 0.05) is 5.41 Å². The normalized spacial score (nSPS) is 13.8. The van der Waals surface area contributed by atoms with Crippen molar-refractivity contribution in [2.45, 2.75) is 19.3 Å². The van der Waals surface area contributed by atoms with Crippen LogP contribution in [0.25, 0.3) is 76.5 Å². The number of benzene rings is 8. The minimum Gasteiger partial charge on any atom is -0.0622 e. The van der Waals surface area contributed by atoms with Crippen LogP contribution in [-0.4, -0.2) is 0 Å². The summed E-state index contributed by atoms with van der Waals surface area (Å²) in [6.45, 7) is 4.78. The summed E-state index contributed by atoms with van der Waals surface area (Å²) in [7, 11) is 0. The van der Waals surface area contributed by atoms with Crippen molar-refractivity contribution in [3.63, 3.8) is 0 Å². The summed E-state index contributed by atoms with van der Waals surface area (Å²) in [6.07, 6.45) is 0. The Hall–Kier alpha value is -4.94. The number of fused-ring (bicyclic) bond motifs is 5. The lowest BCUT2D eigenvalue weighted by Gasteiger charge is -2.24. The second kappa shape index (κ2) is 8.05.